The van der Waals surface area contributed by atoms with Crippen LogP contribution in [0.3, 0.4) is 0 Å². The van der Waals surface area contributed by atoms with Crippen LogP contribution < -0.4 is 5.32 Å². The molecular formula is C16H35NO. The fourth-order valence-electron chi connectivity index (χ4n) is 2.01. The van der Waals surface area contributed by atoms with Crippen molar-refractivity contribution in [1.29, 1.82) is 0 Å². The highest BCUT2D eigenvalue weighted by molar-refractivity contribution is 4.69. The normalized spacial score (nSPS) is 13.2. The maximum Gasteiger partial charge on any atom is 0.0622 e. The number of hydrogen-bond acceptors (Lipinski definition) is 2. The second-order valence-corrected chi connectivity index (χ2v) is 5.65. The molecule has 18 heavy (non-hydrogen) atoms. The molecule has 0 aliphatic carbocycles. The van der Waals surface area contributed by atoms with Crippen molar-refractivity contribution in [3.05, 3.63) is 0 Å². The van der Waals surface area contributed by atoms with Crippen LogP contribution in [0, 0.1) is 5.92 Å². The molecule has 0 aliphatic rings. The van der Waals surface area contributed by atoms with E-state index in [-0.39, 0.29) is 0 Å². The van der Waals surface area contributed by atoms with E-state index in [9.17, 15) is 0 Å². The second kappa shape index (κ2) is 13.4. The topological polar surface area (TPSA) is 21.3 Å². The molecule has 0 aromatic heterocycles. The van der Waals surface area contributed by atoms with Crippen molar-refractivity contribution in [2.75, 3.05) is 19.8 Å². The zero-order valence-electron chi connectivity index (χ0n) is 13.1. The Hall–Kier alpha value is -0.0800. The first-order chi connectivity index (χ1) is 8.72. The van der Waals surface area contributed by atoms with E-state index >= 15 is 0 Å². The monoisotopic (exact) mass is 257 g/mol. The maximum atomic E-state index is 5.80. The zero-order chi connectivity index (χ0) is 13.6. The molecule has 0 aliphatic heterocycles. The summed E-state index contributed by atoms with van der Waals surface area (Å²) in [6.45, 7) is 11.9. The molecule has 0 amide bonds. The fraction of sp³-hybridized carbons (Fsp3) is 1.00. The number of ether oxygens (including phenoxy) is 1. The number of rotatable bonds is 13. The summed E-state index contributed by atoms with van der Waals surface area (Å²) in [7, 11) is 0. The highest BCUT2D eigenvalue weighted by Gasteiger charge is 2.11. The van der Waals surface area contributed by atoms with Crippen LogP contribution in [-0.2, 0) is 4.74 Å². The lowest BCUT2D eigenvalue weighted by Crippen LogP contribution is -2.38. The zero-order valence-corrected chi connectivity index (χ0v) is 13.1. The summed E-state index contributed by atoms with van der Waals surface area (Å²) in [4.78, 5) is 0. The molecule has 0 heterocycles. The van der Waals surface area contributed by atoms with Crippen LogP contribution in [0.25, 0.3) is 0 Å². The molecule has 2 nitrogen and oxygen atoms in total. The van der Waals surface area contributed by atoms with Gasteiger partial charge in [-0.1, -0.05) is 59.8 Å². The Labute approximate surface area is 115 Å². The Balaban J connectivity index is 3.37. The first kappa shape index (κ1) is 17.9. The second-order valence-electron chi connectivity index (χ2n) is 5.65. The summed E-state index contributed by atoms with van der Waals surface area (Å²) in [6, 6.07) is 0.519. The quantitative estimate of drug-likeness (QED) is 0.494. The van der Waals surface area contributed by atoms with E-state index < -0.39 is 0 Å². The fourth-order valence-corrected chi connectivity index (χ4v) is 2.01. The Morgan fingerprint density at radius 3 is 2.17 bits per heavy atom. The largest absolute Gasteiger partial charge is 0.380 e. The van der Waals surface area contributed by atoms with Crippen LogP contribution >= 0.6 is 0 Å². The van der Waals surface area contributed by atoms with Crippen molar-refractivity contribution in [2.45, 2.75) is 78.7 Å². The minimum Gasteiger partial charge on any atom is -0.380 e. The Morgan fingerprint density at radius 1 is 0.889 bits per heavy atom. The molecule has 110 valence electrons. The standard InChI is InChI=1S/C16H35NO/c1-5-7-8-9-10-11-13-18-14-16(15(3)4)17-12-6-2/h15-17H,5-14H2,1-4H3. The van der Waals surface area contributed by atoms with Gasteiger partial charge in [-0.25, -0.2) is 0 Å². The van der Waals surface area contributed by atoms with Gasteiger partial charge in [0.05, 0.1) is 6.61 Å². The lowest BCUT2D eigenvalue weighted by molar-refractivity contribution is 0.0948. The minimum absolute atomic E-state index is 0.519. The van der Waals surface area contributed by atoms with E-state index in [0.717, 1.165) is 19.8 Å². The van der Waals surface area contributed by atoms with Crippen molar-refractivity contribution in [3.8, 4) is 0 Å². The third-order valence-electron chi connectivity index (χ3n) is 3.40. The van der Waals surface area contributed by atoms with Gasteiger partial charge in [0.2, 0.25) is 0 Å². The summed E-state index contributed by atoms with van der Waals surface area (Å²) in [5.41, 5.74) is 0. The molecule has 0 rings (SSSR count). The Bertz CT molecular complexity index is 159. The molecule has 0 bridgehead atoms. The van der Waals surface area contributed by atoms with E-state index in [1.807, 2.05) is 0 Å². The van der Waals surface area contributed by atoms with Gasteiger partial charge in [-0.15, -0.1) is 0 Å². The van der Waals surface area contributed by atoms with Gasteiger partial charge in [0.15, 0.2) is 0 Å². The van der Waals surface area contributed by atoms with E-state index in [1.165, 1.54) is 44.9 Å². The van der Waals surface area contributed by atoms with E-state index in [1.54, 1.807) is 0 Å². The smallest absolute Gasteiger partial charge is 0.0622 e. The molecule has 1 N–H and O–H groups in total. The van der Waals surface area contributed by atoms with Gasteiger partial charge in [0, 0.05) is 12.6 Å². The molecule has 0 aromatic carbocycles. The van der Waals surface area contributed by atoms with Crippen LogP contribution in [0.1, 0.15) is 72.6 Å². The number of unbranched alkanes of at least 4 members (excludes halogenated alkanes) is 5. The highest BCUT2D eigenvalue weighted by Crippen LogP contribution is 2.06. The van der Waals surface area contributed by atoms with Gasteiger partial charge in [0.1, 0.15) is 0 Å². The maximum absolute atomic E-state index is 5.80. The average Bonchev–Trinajstić information content (AvgIpc) is 2.35. The van der Waals surface area contributed by atoms with E-state index in [2.05, 4.69) is 33.0 Å². The molecule has 0 saturated carbocycles. The van der Waals surface area contributed by atoms with Gasteiger partial charge in [0.25, 0.3) is 0 Å². The minimum atomic E-state index is 0.519. The molecule has 0 fully saturated rings. The van der Waals surface area contributed by atoms with Crippen LogP contribution in [0.15, 0.2) is 0 Å². The molecule has 0 aromatic rings. The summed E-state index contributed by atoms with van der Waals surface area (Å²) in [6.07, 6.45) is 9.23. The summed E-state index contributed by atoms with van der Waals surface area (Å²) in [5.74, 6) is 0.654. The number of hydrogen-bond donors (Lipinski definition) is 1. The Morgan fingerprint density at radius 2 is 1.56 bits per heavy atom. The van der Waals surface area contributed by atoms with Crippen LogP contribution in [0.2, 0.25) is 0 Å². The van der Waals surface area contributed by atoms with Gasteiger partial charge in [-0.2, -0.15) is 0 Å². The highest BCUT2D eigenvalue weighted by atomic mass is 16.5. The molecular weight excluding hydrogens is 222 g/mol. The summed E-state index contributed by atoms with van der Waals surface area (Å²) >= 11 is 0. The van der Waals surface area contributed by atoms with Gasteiger partial charge < -0.3 is 10.1 Å². The van der Waals surface area contributed by atoms with Gasteiger partial charge in [-0.3, -0.25) is 0 Å². The van der Waals surface area contributed by atoms with Crippen molar-refractivity contribution in [2.24, 2.45) is 5.92 Å². The van der Waals surface area contributed by atoms with Crippen LogP contribution in [0.4, 0.5) is 0 Å². The predicted molar refractivity (Wildman–Crippen MR) is 81.1 cm³/mol. The van der Waals surface area contributed by atoms with Gasteiger partial charge in [-0.05, 0) is 25.3 Å². The molecule has 0 saturated heterocycles. The summed E-state index contributed by atoms with van der Waals surface area (Å²) in [5, 5.41) is 3.56. The molecule has 2 heteroatoms. The summed E-state index contributed by atoms with van der Waals surface area (Å²) < 4.78 is 5.80. The lowest BCUT2D eigenvalue weighted by Gasteiger charge is -2.22. The third-order valence-corrected chi connectivity index (χ3v) is 3.40. The van der Waals surface area contributed by atoms with Crippen molar-refractivity contribution in [3.63, 3.8) is 0 Å². The lowest BCUT2D eigenvalue weighted by atomic mass is 10.1. The Kier molecular flexibility index (Phi) is 13.3. The first-order valence-electron chi connectivity index (χ1n) is 8.03. The van der Waals surface area contributed by atoms with Crippen molar-refractivity contribution < 1.29 is 4.74 Å². The average molecular weight is 257 g/mol. The molecule has 1 unspecified atom stereocenters. The van der Waals surface area contributed by atoms with E-state index in [4.69, 9.17) is 4.74 Å². The predicted octanol–water partition coefficient (Wildman–Crippen LogP) is 4.39. The van der Waals surface area contributed by atoms with Crippen molar-refractivity contribution in [1.82, 2.24) is 5.32 Å². The SMILES string of the molecule is CCCCCCCCOCC(NCCC)C(C)C. The third kappa shape index (κ3) is 11.0. The van der Waals surface area contributed by atoms with Gasteiger partial charge >= 0.3 is 0 Å². The van der Waals surface area contributed by atoms with Crippen LogP contribution in [0.5, 0.6) is 0 Å². The molecule has 1 atom stereocenters. The number of nitrogens with one attached hydrogen (secondary N) is 1. The molecule has 0 spiro atoms. The molecule has 0 radical (unpaired) electrons. The van der Waals surface area contributed by atoms with E-state index in [0.29, 0.717) is 12.0 Å². The first-order valence-corrected chi connectivity index (χ1v) is 8.03. The van der Waals surface area contributed by atoms with Crippen LogP contribution in [-0.4, -0.2) is 25.8 Å². The van der Waals surface area contributed by atoms with Crippen molar-refractivity contribution >= 4 is 0 Å².